The van der Waals surface area contributed by atoms with E-state index in [0.717, 1.165) is 25.2 Å². The fourth-order valence-electron chi connectivity index (χ4n) is 1.78. The Morgan fingerprint density at radius 2 is 2.43 bits per heavy atom. The predicted octanol–water partition coefficient (Wildman–Crippen LogP) is 1.34. The van der Waals surface area contributed by atoms with Gasteiger partial charge in [-0.05, 0) is 20.0 Å². The van der Waals surface area contributed by atoms with Crippen molar-refractivity contribution in [3.05, 3.63) is 24.3 Å². The van der Waals surface area contributed by atoms with Crippen LogP contribution in [-0.4, -0.2) is 36.1 Å². The average Bonchev–Trinajstić information content (AvgIpc) is 2.51. The summed E-state index contributed by atoms with van der Waals surface area (Å²) in [6.45, 7) is 2.11. The van der Waals surface area contributed by atoms with Gasteiger partial charge in [0, 0.05) is 18.7 Å². The van der Waals surface area contributed by atoms with Crippen LogP contribution in [0.1, 0.15) is 6.42 Å². The number of halogens is 1. The molecule has 0 bridgehead atoms. The van der Waals surface area contributed by atoms with E-state index in [-0.39, 0.29) is 5.82 Å². The van der Waals surface area contributed by atoms with Crippen molar-refractivity contribution in [1.82, 2.24) is 9.88 Å². The SMILES string of the molecule is CN1CCC(Nc2cncc(F)c2)C1. The normalized spacial score (nSPS) is 22.6. The lowest BCUT2D eigenvalue weighted by Gasteiger charge is -2.13. The van der Waals surface area contributed by atoms with Crippen LogP contribution in [0, 0.1) is 5.82 Å². The molecular formula is C10H14FN3. The van der Waals surface area contributed by atoms with Crippen LogP contribution in [0.3, 0.4) is 0 Å². The third-order valence-electron chi connectivity index (χ3n) is 2.47. The minimum atomic E-state index is -0.290. The maximum atomic E-state index is 12.8. The van der Waals surface area contributed by atoms with Crippen LogP contribution in [0.15, 0.2) is 18.5 Å². The summed E-state index contributed by atoms with van der Waals surface area (Å²) >= 11 is 0. The van der Waals surface area contributed by atoms with Gasteiger partial charge in [-0.25, -0.2) is 4.39 Å². The average molecular weight is 195 g/mol. The molecule has 1 unspecified atom stereocenters. The van der Waals surface area contributed by atoms with Crippen LogP contribution >= 0.6 is 0 Å². The lowest BCUT2D eigenvalue weighted by Crippen LogP contribution is -2.23. The lowest BCUT2D eigenvalue weighted by molar-refractivity contribution is 0.414. The first kappa shape index (κ1) is 9.40. The van der Waals surface area contributed by atoms with E-state index in [1.807, 2.05) is 0 Å². The van der Waals surface area contributed by atoms with E-state index in [1.54, 1.807) is 6.20 Å². The molecule has 1 saturated heterocycles. The molecule has 1 aliphatic rings. The number of likely N-dealkylation sites (N-methyl/N-ethyl adjacent to an activating group) is 1. The van der Waals surface area contributed by atoms with Crippen molar-refractivity contribution in [2.45, 2.75) is 12.5 Å². The Balaban J connectivity index is 1.97. The molecule has 3 nitrogen and oxygen atoms in total. The van der Waals surface area contributed by atoms with Crippen LogP contribution in [0.25, 0.3) is 0 Å². The Labute approximate surface area is 82.9 Å². The molecular weight excluding hydrogens is 181 g/mol. The second-order valence-electron chi connectivity index (χ2n) is 3.78. The molecule has 76 valence electrons. The van der Waals surface area contributed by atoms with Gasteiger partial charge in [-0.1, -0.05) is 0 Å². The van der Waals surface area contributed by atoms with Gasteiger partial charge in [0.15, 0.2) is 0 Å². The Hall–Kier alpha value is -1.16. The van der Waals surface area contributed by atoms with Crippen molar-refractivity contribution in [2.75, 3.05) is 25.5 Å². The van der Waals surface area contributed by atoms with Gasteiger partial charge in [-0.15, -0.1) is 0 Å². The summed E-state index contributed by atoms with van der Waals surface area (Å²) in [4.78, 5) is 6.05. The number of hydrogen-bond donors (Lipinski definition) is 1. The van der Waals surface area contributed by atoms with Crippen LogP contribution < -0.4 is 5.32 Å². The Morgan fingerprint density at radius 1 is 1.57 bits per heavy atom. The van der Waals surface area contributed by atoms with E-state index in [4.69, 9.17) is 0 Å². The van der Waals surface area contributed by atoms with Gasteiger partial charge in [0.2, 0.25) is 0 Å². The summed E-state index contributed by atoms with van der Waals surface area (Å²) in [6, 6.07) is 1.90. The zero-order valence-electron chi connectivity index (χ0n) is 8.20. The second kappa shape index (κ2) is 3.92. The van der Waals surface area contributed by atoms with Crippen molar-refractivity contribution in [2.24, 2.45) is 0 Å². The third-order valence-corrected chi connectivity index (χ3v) is 2.47. The summed E-state index contributed by atoms with van der Waals surface area (Å²) in [7, 11) is 2.09. The summed E-state index contributed by atoms with van der Waals surface area (Å²) in [5.41, 5.74) is 0.769. The zero-order valence-corrected chi connectivity index (χ0v) is 8.20. The van der Waals surface area contributed by atoms with Gasteiger partial charge in [-0.3, -0.25) is 4.98 Å². The highest BCUT2D eigenvalue weighted by molar-refractivity contribution is 5.41. The number of likely N-dealkylation sites (tertiary alicyclic amines) is 1. The smallest absolute Gasteiger partial charge is 0.143 e. The first-order valence-corrected chi connectivity index (χ1v) is 4.79. The molecule has 0 spiro atoms. The standard InChI is InChI=1S/C10H14FN3/c1-14-3-2-9(7-14)13-10-4-8(11)5-12-6-10/h4-6,9,13H,2-3,7H2,1H3. The number of pyridine rings is 1. The quantitative estimate of drug-likeness (QED) is 0.771. The molecule has 1 aromatic heterocycles. The second-order valence-corrected chi connectivity index (χ2v) is 3.78. The fourth-order valence-corrected chi connectivity index (χ4v) is 1.78. The minimum Gasteiger partial charge on any atom is -0.380 e. The summed E-state index contributed by atoms with van der Waals surface area (Å²) in [6.07, 6.45) is 3.97. The van der Waals surface area contributed by atoms with Gasteiger partial charge in [0.25, 0.3) is 0 Å². The highest BCUT2D eigenvalue weighted by atomic mass is 19.1. The largest absolute Gasteiger partial charge is 0.380 e. The van der Waals surface area contributed by atoms with Gasteiger partial charge >= 0.3 is 0 Å². The van der Waals surface area contributed by atoms with E-state index in [2.05, 4.69) is 22.2 Å². The van der Waals surface area contributed by atoms with E-state index in [0.29, 0.717) is 6.04 Å². The van der Waals surface area contributed by atoms with Crippen LogP contribution in [0.2, 0.25) is 0 Å². The molecule has 1 aliphatic heterocycles. The monoisotopic (exact) mass is 195 g/mol. The van der Waals surface area contributed by atoms with Crippen molar-refractivity contribution < 1.29 is 4.39 Å². The van der Waals surface area contributed by atoms with E-state index in [9.17, 15) is 4.39 Å². The number of rotatable bonds is 2. The maximum Gasteiger partial charge on any atom is 0.143 e. The molecule has 0 aliphatic carbocycles. The summed E-state index contributed by atoms with van der Waals surface area (Å²) < 4.78 is 12.8. The van der Waals surface area contributed by atoms with Crippen molar-refractivity contribution in [1.29, 1.82) is 0 Å². The molecule has 1 fully saturated rings. The van der Waals surface area contributed by atoms with Crippen LogP contribution in [-0.2, 0) is 0 Å². The van der Waals surface area contributed by atoms with Gasteiger partial charge in [0.1, 0.15) is 5.82 Å². The number of nitrogens with zero attached hydrogens (tertiary/aromatic N) is 2. The topological polar surface area (TPSA) is 28.2 Å². The minimum absolute atomic E-state index is 0.290. The van der Waals surface area contributed by atoms with Crippen molar-refractivity contribution in [3.63, 3.8) is 0 Å². The highest BCUT2D eigenvalue weighted by Gasteiger charge is 2.18. The molecule has 2 heterocycles. The number of hydrogen-bond acceptors (Lipinski definition) is 3. The van der Waals surface area contributed by atoms with E-state index in [1.165, 1.54) is 12.3 Å². The molecule has 0 amide bonds. The van der Waals surface area contributed by atoms with Crippen LogP contribution in [0.4, 0.5) is 10.1 Å². The van der Waals surface area contributed by atoms with Gasteiger partial charge in [-0.2, -0.15) is 0 Å². The first-order valence-electron chi connectivity index (χ1n) is 4.79. The number of anilines is 1. The molecule has 0 saturated carbocycles. The molecule has 0 radical (unpaired) electrons. The predicted molar refractivity (Wildman–Crippen MR) is 53.7 cm³/mol. The summed E-state index contributed by atoms with van der Waals surface area (Å²) in [5, 5.41) is 3.27. The van der Waals surface area contributed by atoms with Crippen molar-refractivity contribution >= 4 is 5.69 Å². The van der Waals surface area contributed by atoms with E-state index < -0.39 is 0 Å². The molecule has 1 N–H and O–H groups in total. The fraction of sp³-hybridized carbons (Fsp3) is 0.500. The third kappa shape index (κ3) is 2.20. The van der Waals surface area contributed by atoms with Crippen molar-refractivity contribution in [3.8, 4) is 0 Å². The molecule has 2 rings (SSSR count). The Bertz CT molecular complexity index is 316. The maximum absolute atomic E-state index is 12.8. The van der Waals surface area contributed by atoms with E-state index >= 15 is 0 Å². The summed E-state index contributed by atoms with van der Waals surface area (Å²) in [5.74, 6) is -0.290. The molecule has 0 aromatic carbocycles. The molecule has 4 heteroatoms. The number of nitrogens with one attached hydrogen (secondary N) is 1. The van der Waals surface area contributed by atoms with Gasteiger partial charge < -0.3 is 10.2 Å². The number of aromatic nitrogens is 1. The molecule has 14 heavy (non-hydrogen) atoms. The lowest BCUT2D eigenvalue weighted by atomic mass is 10.2. The Morgan fingerprint density at radius 3 is 3.07 bits per heavy atom. The molecule has 1 atom stereocenters. The first-order chi connectivity index (χ1) is 6.74. The van der Waals surface area contributed by atoms with Crippen LogP contribution in [0.5, 0.6) is 0 Å². The zero-order chi connectivity index (χ0) is 9.97. The Kier molecular flexibility index (Phi) is 2.63. The molecule has 1 aromatic rings. The highest BCUT2D eigenvalue weighted by Crippen LogP contribution is 2.14. The van der Waals surface area contributed by atoms with Gasteiger partial charge in [0.05, 0.1) is 18.1 Å².